The first-order valence-electron chi connectivity index (χ1n) is 9.87. The molecule has 0 unspecified atom stereocenters. The number of nitrogens with one attached hydrogen (secondary N) is 3. The number of nitrogens with two attached hydrogens (primary N) is 1. The van der Waals surface area contributed by atoms with Crippen LogP contribution in [-0.4, -0.2) is 25.3 Å². The quantitative estimate of drug-likeness (QED) is 0.283. The minimum atomic E-state index is -4.07. The molecule has 0 aliphatic carbocycles. The molecule has 0 spiro atoms. The largest absolute Gasteiger partial charge is 0.351 e. The summed E-state index contributed by atoms with van der Waals surface area (Å²) in [7, 11) is -4.07. The minimum absolute atomic E-state index is 0.192. The lowest BCUT2D eigenvalue weighted by atomic mass is 10.1. The van der Waals surface area contributed by atoms with Crippen LogP contribution in [0.15, 0.2) is 71.6 Å². The molecule has 0 atom stereocenters. The molecule has 0 saturated carbocycles. The van der Waals surface area contributed by atoms with Crippen LogP contribution in [0.5, 0.6) is 0 Å². The monoisotopic (exact) mass is 483 g/mol. The molecular formula is C22H21N5O6S. The van der Waals surface area contributed by atoms with Crippen molar-refractivity contribution in [2.24, 2.45) is 5.73 Å². The lowest BCUT2D eigenvalue weighted by Gasteiger charge is -2.10. The van der Waals surface area contributed by atoms with Gasteiger partial charge < -0.3 is 16.4 Å². The van der Waals surface area contributed by atoms with Gasteiger partial charge in [-0.15, -0.1) is 0 Å². The van der Waals surface area contributed by atoms with E-state index < -0.39 is 21.0 Å². The van der Waals surface area contributed by atoms with E-state index >= 15 is 0 Å². The molecular weight excluding hydrogens is 462 g/mol. The Kier molecular flexibility index (Phi) is 7.12. The predicted octanol–water partition coefficient (Wildman–Crippen LogP) is 3.12. The molecule has 0 saturated heterocycles. The number of hydrogen-bond donors (Lipinski definition) is 4. The molecule has 0 heterocycles. The zero-order chi connectivity index (χ0) is 24.9. The van der Waals surface area contributed by atoms with Crippen LogP contribution in [0.25, 0.3) is 0 Å². The van der Waals surface area contributed by atoms with E-state index in [0.29, 0.717) is 16.8 Å². The Morgan fingerprint density at radius 2 is 1.59 bits per heavy atom. The molecule has 0 radical (unpaired) electrons. The molecule has 0 aliphatic rings. The number of amides is 3. The Morgan fingerprint density at radius 3 is 2.18 bits per heavy atom. The molecule has 3 aromatic rings. The first kappa shape index (κ1) is 24.2. The number of anilines is 2. The second kappa shape index (κ2) is 10.0. The smallest absolute Gasteiger partial charge is 0.316 e. The third-order valence-corrected chi connectivity index (χ3v) is 6.14. The highest BCUT2D eigenvalue weighted by Gasteiger charge is 2.20. The van der Waals surface area contributed by atoms with Crippen molar-refractivity contribution in [3.8, 4) is 0 Å². The molecule has 3 amide bonds. The summed E-state index contributed by atoms with van der Waals surface area (Å²) in [6.07, 6.45) is 0. The van der Waals surface area contributed by atoms with Crippen LogP contribution in [0.1, 0.15) is 21.5 Å². The van der Waals surface area contributed by atoms with Crippen LogP contribution >= 0.6 is 0 Å². The van der Waals surface area contributed by atoms with Gasteiger partial charge in [-0.1, -0.05) is 18.2 Å². The van der Waals surface area contributed by atoms with Crippen LogP contribution in [0.3, 0.4) is 0 Å². The van der Waals surface area contributed by atoms with E-state index in [9.17, 15) is 28.1 Å². The predicted molar refractivity (Wildman–Crippen MR) is 126 cm³/mol. The van der Waals surface area contributed by atoms with Crippen LogP contribution in [-0.2, 0) is 16.6 Å². The zero-order valence-electron chi connectivity index (χ0n) is 17.9. The normalized spacial score (nSPS) is 10.9. The van der Waals surface area contributed by atoms with E-state index in [-0.39, 0.29) is 28.7 Å². The van der Waals surface area contributed by atoms with E-state index in [2.05, 4.69) is 15.4 Å². The van der Waals surface area contributed by atoms with Gasteiger partial charge in [0.25, 0.3) is 21.6 Å². The summed E-state index contributed by atoms with van der Waals surface area (Å²) in [5.41, 5.74) is 6.92. The highest BCUT2D eigenvalue weighted by molar-refractivity contribution is 7.92. The average molecular weight is 484 g/mol. The standard InChI is InChI=1S/C22H21N5O6S/c1-14-2-11-19(12-20(14)27(30)31)34(32,33)26-18-9-5-16(6-10-18)21(28)24-13-15-3-7-17(8-4-15)25-22(23)29/h2-12,26H,13H2,1H3,(H,24,28)(H3,23,25,29). The van der Waals surface area contributed by atoms with Gasteiger partial charge in [0.2, 0.25) is 0 Å². The van der Waals surface area contributed by atoms with Crippen molar-refractivity contribution in [2.75, 3.05) is 10.0 Å². The van der Waals surface area contributed by atoms with Gasteiger partial charge >= 0.3 is 6.03 Å². The van der Waals surface area contributed by atoms with Crippen molar-refractivity contribution in [1.29, 1.82) is 0 Å². The zero-order valence-corrected chi connectivity index (χ0v) is 18.8. The number of carbonyl (C=O) groups is 2. The Hall–Kier alpha value is -4.45. The summed E-state index contributed by atoms with van der Waals surface area (Å²) in [5, 5.41) is 16.3. The van der Waals surface area contributed by atoms with Gasteiger partial charge in [-0.3, -0.25) is 19.6 Å². The molecule has 5 N–H and O–H groups in total. The number of nitrogens with zero attached hydrogens (tertiary/aromatic N) is 1. The second-order valence-electron chi connectivity index (χ2n) is 7.26. The Morgan fingerprint density at radius 1 is 0.971 bits per heavy atom. The molecule has 34 heavy (non-hydrogen) atoms. The van der Waals surface area contributed by atoms with Crippen molar-refractivity contribution >= 4 is 39.0 Å². The van der Waals surface area contributed by atoms with E-state index in [1.807, 2.05) is 0 Å². The fraction of sp³-hybridized carbons (Fsp3) is 0.0909. The van der Waals surface area contributed by atoms with Crippen molar-refractivity contribution in [3.63, 3.8) is 0 Å². The Bertz CT molecular complexity index is 1340. The highest BCUT2D eigenvalue weighted by atomic mass is 32.2. The maximum Gasteiger partial charge on any atom is 0.316 e. The van der Waals surface area contributed by atoms with Gasteiger partial charge in [-0.2, -0.15) is 0 Å². The van der Waals surface area contributed by atoms with E-state index in [4.69, 9.17) is 5.73 Å². The number of sulfonamides is 1. The summed E-state index contributed by atoms with van der Waals surface area (Å²) in [6.45, 7) is 1.75. The molecule has 0 fully saturated rings. The Balaban J connectivity index is 1.63. The molecule has 12 heteroatoms. The van der Waals surface area contributed by atoms with Gasteiger partial charge in [0.1, 0.15) is 0 Å². The van der Waals surface area contributed by atoms with E-state index in [0.717, 1.165) is 11.6 Å². The van der Waals surface area contributed by atoms with Gasteiger partial charge in [0.05, 0.1) is 9.82 Å². The fourth-order valence-electron chi connectivity index (χ4n) is 2.99. The number of rotatable bonds is 8. The van der Waals surface area contributed by atoms with Gasteiger partial charge in [0.15, 0.2) is 0 Å². The maximum absolute atomic E-state index is 12.6. The van der Waals surface area contributed by atoms with E-state index in [1.54, 1.807) is 24.3 Å². The molecule has 3 rings (SSSR count). The number of hydrogen-bond acceptors (Lipinski definition) is 6. The van der Waals surface area contributed by atoms with Crippen molar-refractivity contribution in [2.45, 2.75) is 18.4 Å². The molecule has 0 aliphatic heterocycles. The van der Waals surface area contributed by atoms with Crippen LogP contribution in [0.2, 0.25) is 0 Å². The molecule has 3 aromatic carbocycles. The van der Waals surface area contributed by atoms with Crippen molar-refractivity contribution in [1.82, 2.24) is 5.32 Å². The van der Waals surface area contributed by atoms with Crippen molar-refractivity contribution in [3.05, 3.63) is 93.5 Å². The summed E-state index contributed by atoms with van der Waals surface area (Å²) in [4.78, 5) is 33.4. The third kappa shape index (κ3) is 6.07. The number of primary amides is 1. The minimum Gasteiger partial charge on any atom is -0.351 e. The average Bonchev–Trinajstić information content (AvgIpc) is 2.78. The number of benzene rings is 3. The number of nitro benzene ring substituents is 1. The maximum atomic E-state index is 12.6. The summed E-state index contributed by atoms with van der Waals surface area (Å²) in [5.74, 6) is -0.372. The van der Waals surface area contributed by atoms with E-state index in [1.165, 1.54) is 43.3 Å². The van der Waals surface area contributed by atoms with Gasteiger partial charge in [-0.25, -0.2) is 13.2 Å². The molecule has 0 bridgehead atoms. The lowest BCUT2D eigenvalue weighted by Crippen LogP contribution is -2.23. The number of carbonyl (C=O) groups excluding carboxylic acids is 2. The van der Waals surface area contributed by atoms with Crippen LogP contribution in [0.4, 0.5) is 21.9 Å². The first-order chi connectivity index (χ1) is 16.0. The number of aryl methyl sites for hydroxylation is 1. The highest BCUT2D eigenvalue weighted by Crippen LogP contribution is 2.24. The molecule has 0 aromatic heterocycles. The topological polar surface area (TPSA) is 174 Å². The van der Waals surface area contributed by atoms with Gasteiger partial charge in [-0.05, 0) is 55.0 Å². The molecule has 11 nitrogen and oxygen atoms in total. The fourth-order valence-corrected chi connectivity index (χ4v) is 4.07. The summed E-state index contributed by atoms with van der Waals surface area (Å²) in [6, 6.07) is 15.4. The SMILES string of the molecule is Cc1ccc(S(=O)(=O)Nc2ccc(C(=O)NCc3ccc(NC(N)=O)cc3)cc2)cc1[N+](=O)[O-]. The molecule has 176 valence electrons. The van der Waals surface area contributed by atoms with Crippen LogP contribution in [0, 0.1) is 17.0 Å². The summed E-state index contributed by atoms with van der Waals surface area (Å²) < 4.78 is 27.6. The van der Waals surface area contributed by atoms with Crippen LogP contribution < -0.4 is 21.1 Å². The number of urea groups is 1. The second-order valence-corrected chi connectivity index (χ2v) is 8.94. The number of nitro groups is 1. The first-order valence-corrected chi connectivity index (χ1v) is 11.3. The summed E-state index contributed by atoms with van der Waals surface area (Å²) >= 11 is 0. The van der Waals surface area contributed by atoms with Crippen molar-refractivity contribution < 1.29 is 22.9 Å². The third-order valence-electron chi connectivity index (χ3n) is 4.76. The Labute approximate surface area is 195 Å². The lowest BCUT2D eigenvalue weighted by molar-refractivity contribution is -0.385. The van der Waals surface area contributed by atoms with Gasteiger partial charge in [0, 0.05) is 35.1 Å².